The minimum Gasteiger partial charge on any atom is -0.345 e. The Bertz CT molecular complexity index is 798. The smallest absolute Gasteiger partial charge is 0.340 e. The number of fused-ring (bicyclic) bond motifs is 1. The second kappa shape index (κ2) is 5.19. The predicted octanol–water partition coefficient (Wildman–Crippen LogP) is -0.280. The van der Waals surface area contributed by atoms with Crippen LogP contribution in [0, 0.1) is 0 Å². The molecule has 1 atom stereocenters. The van der Waals surface area contributed by atoms with Gasteiger partial charge in [-0.25, -0.2) is 9.89 Å². The summed E-state index contributed by atoms with van der Waals surface area (Å²) in [7, 11) is 0. The van der Waals surface area contributed by atoms with Crippen molar-refractivity contribution in [2.45, 2.75) is 19.5 Å². The van der Waals surface area contributed by atoms with E-state index >= 15 is 0 Å². The zero-order valence-corrected chi connectivity index (χ0v) is 11.2. The molecule has 108 valence electrons. The standard InChI is InChI=1S/C12H13N7O2/c1-7(11-14-12(21)16-15-11)13-10(20)6-19-17-8-4-2-3-5-9(8)18-19/h2-5,7H,6H2,1H3,(H,13,20)(H2,14,15,16,21). The molecule has 3 N–H and O–H groups in total. The van der Waals surface area contributed by atoms with Crippen LogP contribution in [0.1, 0.15) is 18.8 Å². The highest BCUT2D eigenvalue weighted by atomic mass is 16.2. The zero-order chi connectivity index (χ0) is 14.8. The third-order valence-electron chi connectivity index (χ3n) is 2.92. The number of amides is 1. The van der Waals surface area contributed by atoms with E-state index in [0.29, 0.717) is 5.82 Å². The molecule has 0 fully saturated rings. The van der Waals surface area contributed by atoms with Gasteiger partial charge in [-0.15, -0.1) is 0 Å². The summed E-state index contributed by atoms with van der Waals surface area (Å²) in [5.41, 5.74) is 1.05. The molecule has 9 nitrogen and oxygen atoms in total. The van der Waals surface area contributed by atoms with Crippen LogP contribution in [-0.2, 0) is 11.3 Å². The first kappa shape index (κ1) is 13.0. The number of hydrogen-bond acceptors (Lipinski definition) is 5. The third kappa shape index (κ3) is 2.81. The highest BCUT2D eigenvalue weighted by molar-refractivity contribution is 5.77. The molecule has 0 bridgehead atoms. The van der Waals surface area contributed by atoms with E-state index in [1.807, 2.05) is 24.3 Å². The average Bonchev–Trinajstić information content (AvgIpc) is 3.03. The highest BCUT2D eigenvalue weighted by Crippen LogP contribution is 2.07. The monoisotopic (exact) mass is 287 g/mol. The van der Waals surface area contributed by atoms with Crippen LogP contribution in [0.2, 0.25) is 0 Å². The lowest BCUT2D eigenvalue weighted by molar-refractivity contribution is -0.122. The molecule has 0 saturated carbocycles. The summed E-state index contributed by atoms with van der Waals surface area (Å²) in [6.45, 7) is 1.71. The molecule has 3 rings (SSSR count). The largest absolute Gasteiger partial charge is 0.345 e. The molecule has 0 saturated heterocycles. The summed E-state index contributed by atoms with van der Waals surface area (Å²) in [6.07, 6.45) is 0. The van der Waals surface area contributed by atoms with Gasteiger partial charge in [0.1, 0.15) is 17.6 Å². The second-order valence-corrected chi connectivity index (χ2v) is 4.57. The number of hydrogen-bond donors (Lipinski definition) is 3. The highest BCUT2D eigenvalue weighted by Gasteiger charge is 2.14. The van der Waals surface area contributed by atoms with Crippen molar-refractivity contribution in [3.8, 4) is 0 Å². The van der Waals surface area contributed by atoms with Gasteiger partial charge in [0, 0.05) is 0 Å². The Labute approximate surface area is 118 Å². The molecule has 0 aliphatic carbocycles. The summed E-state index contributed by atoms with van der Waals surface area (Å²) in [5.74, 6) is 0.0959. The molecular weight excluding hydrogens is 274 g/mol. The molecule has 1 amide bonds. The average molecular weight is 287 g/mol. The van der Waals surface area contributed by atoms with Gasteiger partial charge < -0.3 is 5.32 Å². The van der Waals surface area contributed by atoms with E-state index in [1.54, 1.807) is 6.92 Å². The number of rotatable bonds is 4. The maximum Gasteiger partial charge on any atom is 0.340 e. The Morgan fingerprint density at radius 1 is 1.33 bits per heavy atom. The lowest BCUT2D eigenvalue weighted by Crippen LogP contribution is -2.31. The lowest BCUT2D eigenvalue weighted by Gasteiger charge is -2.10. The van der Waals surface area contributed by atoms with Crippen LogP contribution < -0.4 is 11.0 Å². The first-order chi connectivity index (χ1) is 10.1. The Morgan fingerprint density at radius 2 is 2.00 bits per heavy atom. The molecule has 2 heterocycles. The number of carbonyl (C=O) groups is 1. The Balaban J connectivity index is 1.67. The van der Waals surface area contributed by atoms with E-state index in [0.717, 1.165) is 11.0 Å². The van der Waals surface area contributed by atoms with Crippen LogP contribution in [-0.4, -0.2) is 36.1 Å². The van der Waals surface area contributed by atoms with E-state index in [-0.39, 0.29) is 12.5 Å². The van der Waals surface area contributed by atoms with Crippen LogP contribution >= 0.6 is 0 Å². The van der Waals surface area contributed by atoms with Crippen LogP contribution in [0.5, 0.6) is 0 Å². The quantitative estimate of drug-likeness (QED) is 0.609. The lowest BCUT2D eigenvalue weighted by atomic mass is 10.3. The zero-order valence-electron chi connectivity index (χ0n) is 11.2. The fraction of sp³-hybridized carbons (Fsp3) is 0.250. The van der Waals surface area contributed by atoms with E-state index < -0.39 is 11.7 Å². The van der Waals surface area contributed by atoms with Gasteiger partial charge in [0.25, 0.3) is 0 Å². The Hall–Kier alpha value is -2.97. The van der Waals surface area contributed by atoms with E-state index in [1.165, 1.54) is 4.80 Å². The molecule has 3 aromatic rings. The number of nitrogens with one attached hydrogen (secondary N) is 3. The first-order valence-electron chi connectivity index (χ1n) is 6.35. The Kier molecular flexibility index (Phi) is 3.22. The van der Waals surface area contributed by atoms with Crippen molar-refractivity contribution in [1.82, 2.24) is 35.5 Å². The van der Waals surface area contributed by atoms with E-state index in [2.05, 4.69) is 30.7 Å². The summed E-state index contributed by atoms with van der Waals surface area (Å²) in [4.78, 5) is 26.7. The van der Waals surface area contributed by atoms with Crippen LogP contribution in [0.3, 0.4) is 0 Å². The van der Waals surface area contributed by atoms with Crippen molar-refractivity contribution in [2.24, 2.45) is 0 Å². The summed E-state index contributed by atoms with van der Waals surface area (Å²) >= 11 is 0. The molecule has 0 aliphatic rings. The van der Waals surface area contributed by atoms with Crippen molar-refractivity contribution in [3.05, 3.63) is 40.6 Å². The SMILES string of the molecule is CC(NC(=O)Cn1nc2ccccc2n1)c1n[nH]c(=O)[nH]1. The van der Waals surface area contributed by atoms with Crippen LogP contribution in [0.4, 0.5) is 0 Å². The van der Waals surface area contributed by atoms with Crippen molar-refractivity contribution in [3.63, 3.8) is 0 Å². The van der Waals surface area contributed by atoms with Crippen molar-refractivity contribution >= 4 is 16.9 Å². The minimum absolute atomic E-state index is 0.00627. The Morgan fingerprint density at radius 3 is 2.57 bits per heavy atom. The van der Waals surface area contributed by atoms with Gasteiger partial charge >= 0.3 is 5.69 Å². The summed E-state index contributed by atoms with van der Waals surface area (Å²) < 4.78 is 0. The number of aromatic amines is 2. The molecule has 0 spiro atoms. The number of aromatic nitrogens is 6. The molecule has 1 unspecified atom stereocenters. The number of H-pyrrole nitrogens is 2. The maximum atomic E-state index is 11.9. The fourth-order valence-corrected chi connectivity index (χ4v) is 1.95. The number of carbonyl (C=O) groups excluding carboxylic acids is 1. The molecule has 2 aromatic heterocycles. The fourth-order valence-electron chi connectivity index (χ4n) is 1.95. The molecule has 9 heteroatoms. The molecular formula is C12H13N7O2. The summed E-state index contributed by atoms with van der Waals surface area (Å²) in [5, 5.41) is 17.1. The summed E-state index contributed by atoms with van der Waals surface area (Å²) in [6, 6.07) is 6.96. The van der Waals surface area contributed by atoms with Gasteiger partial charge in [0.05, 0.1) is 6.04 Å². The van der Waals surface area contributed by atoms with Gasteiger partial charge in [0.15, 0.2) is 5.82 Å². The van der Waals surface area contributed by atoms with Crippen LogP contribution in [0.25, 0.3) is 11.0 Å². The molecule has 0 radical (unpaired) electrons. The van der Waals surface area contributed by atoms with Crippen molar-refractivity contribution in [1.29, 1.82) is 0 Å². The van der Waals surface area contributed by atoms with Crippen LogP contribution in [0.15, 0.2) is 29.1 Å². The van der Waals surface area contributed by atoms with Crippen molar-refractivity contribution in [2.75, 3.05) is 0 Å². The van der Waals surface area contributed by atoms with E-state index in [9.17, 15) is 9.59 Å². The molecule has 0 aliphatic heterocycles. The number of nitrogens with zero attached hydrogens (tertiary/aromatic N) is 4. The van der Waals surface area contributed by atoms with Gasteiger partial charge in [0.2, 0.25) is 5.91 Å². The molecule has 21 heavy (non-hydrogen) atoms. The van der Waals surface area contributed by atoms with E-state index in [4.69, 9.17) is 0 Å². The van der Waals surface area contributed by atoms with Crippen molar-refractivity contribution < 1.29 is 4.79 Å². The van der Waals surface area contributed by atoms with Gasteiger partial charge in [-0.2, -0.15) is 20.1 Å². The normalized spacial score (nSPS) is 12.4. The minimum atomic E-state index is -0.415. The first-order valence-corrected chi connectivity index (χ1v) is 6.35. The van der Waals surface area contributed by atoms with Gasteiger partial charge in [-0.1, -0.05) is 12.1 Å². The molecule has 1 aromatic carbocycles. The number of benzene rings is 1. The topological polar surface area (TPSA) is 121 Å². The predicted molar refractivity (Wildman–Crippen MR) is 73.3 cm³/mol. The maximum absolute atomic E-state index is 11.9. The third-order valence-corrected chi connectivity index (χ3v) is 2.92. The second-order valence-electron chi connectivity index (χ2n) is 4.57. The van der Waals surface area contributed by atoms with Gasteiger partial charge in [-0.05, 0) is 19.1 Å². The van der Waals surface area contributed by atoms with Gasteiger partial charge in [-0.3, -0.25) is 9.78 Å².